The zero-order valence-corrected chi connectivity index (χ0v) is 12.4. The number of rotatable bonds is 2. The van der Waals surface area contributed by atoms with Gasteiger partial charge in [-0.05, 0) is 36.4 Å². The van der Waals surface area contributed by atoms with Crippen LogP contribution in [0.4, 0.5) is 0 Å². The van der Waals surface area contributed by atoms with Crippen molar-refractivity contribution < 1.29 is 14.6 Å². The van der Waals surface area contributed by atoms with Crippen molar-refractivity contribution in [1.29, 1.82) is 0 Å². The molecule has 0 saturated carbocycles. The van der Waals surface area contributed by atoms with Crippen molar-refractivity contribution in [2.75, 3.05) is 0 Å². The van der Waals surface area contributed by atoms with Crippen molar-refractivity contribution >= 4 is 33.9 Å². The number of hydrogen-bond donors (Lipinski definition) is 1. The van der Waals surface area contributed by atoms with Crippen LogP contribution in [0.2, 0.25) is 0 Å². The predicted molar refractivity (Wildman–Crippen MR) is 82.9 cm³/mol. The van der Waals surface area contributed by atoms with Gasteiger partial charge in [0, 0.05) is 15.6 Å². The number of para-hydroxylation sites is 1. The summed E-state index contributed by atoms with van der Waals surface area (Å²) < 4.78 is 6.09. The molecule has 0 atom stereocenters. The van der Waals surface area contributed by atoms with Crippen LogP contribution >= 0.6 is 15.9 Å². The van der Waals surface area contributed by atoms with E-state index >= 15 is 0 Å². The molecule has 0 bridgehead atoms. The number of nitrogens with zero attached hydrogens (tertiary/aromatic N) is 1. The molecule has 3 rings (SSSR count). The number of carbonyl (C=O) groups excluding carboxylic acids is 1. The standard InChI is InChI=1S/C16H10BrNO3/c17-12-7-5-10(6-8-12)15-18-13(16(20)21-15)9-11-3-1-2-4-14(11)19/h1-9,19H/b13-9+. The Kier molecular flexibility index (Phi) is 3.58. The van der Waals surface area contributed by atoms with Crippen LogP contribution in [0.5, 0.6) is 5.75 Å². The topological polar surface area (TPSA) is 58.9 Å². The maximum absolute atomic E-state index is 11.8. The van der Waals surface area contributed by atoms with Crippen LogP contribution in [0.25, 0.3) is 6.08 Å². The van der Waals surface area contributed by atoms with Gasteiger partial charge in [-0.1, -0.05) is 34.1 Å². The summed E-state index contributed by atoms with van der Waals surface area (Å²) in [7, 11) is 0. The maximum Gasteiger partial charge on any atom is 0.363 e. The fourth-order valence-electron chi connectivity index (χ4n) is 1.88. The van der Waals surface area contributed by atoms with Gasteiger partial charge in [0.2, 0.25) is 5.90 Å². The molecule has 0 amide bonds. The fourth-order valence-corrected chi connectivity index (χ4v) is 2.15. The summed E-state index contributed by atoms with van der Waals surface area (Å²) in [6.45, 7) is 0. The molecule has 0 aliphatic carbocycles. The Bertz CT molecular complexity index is 763. The second-order valence-electron chi connectivity index (χ2n) is 4.40. The molecule has 0 unspecified atom stereocenters. The van der Waals surface area contributed by atoms with Gasteiger partial charge in [-0.15, -0.1) is 0 Å². The van der Waals surface area contributed by atoms with Crippen LogP contribution in [0.15, 0.2) is 63.7 Å². The first-order valence-electron chi connectivity index (χ1n) is 6.20. The molecule has 104 valence electrons. The minimum atomic E-state index is -0.531. The Hall–Kier alpha value is -2.40. The molecule has 0 fully saturated rings. The smallest absolute Gasteiger partial charge is 0.363 e. The number of phenolic OH excluding ortho intramolecular Hbond substituents is 1. The Morgan fingerprint density at radius 1 is 1.10 bits per heavy atom. The number of phenols is 1. The normalized spacial score (nSPS) is 16.0. The van der Waals surface area contributed by atoms with E-state index in [0.717, 1.165) is 4.47 Å². The quantitative estimate of drug-likeness (QED) is 0.670. The SMILES string of the molecule is O=C1OC(c2ccc(Br)cc2)=N/C1=C/c1ccccc1O. The molecule has 4 nitrogen and oxygen atoms in total. The minimum absolute atomic E-state index is 0.0880. The number of hydrogen-bond acceptors (Lipinski definition) is 4. The molecule has 0 aromatic heterocycles. The third kappa shape index (κ3) is 2.87. The van der Waals surface area contributed by atoms with Crippen molar-refractivity contribution in [1.82, 2.24) is 0 Å². The van der Waals surface area contributed by atoms with E-state index < -0.39 is 5.97 Å². The summed E-state index contributed by atoms with van der Waals surface area (Å²) >= 11 is 3.34. The van der Waals surface area contributed by atoms with Gasteiger partial charge in [-0.2, -0.15) is 0 Å². The second-order valence-corrected chi connectivity index (χ2v) is 5.32. The molecule has 2 aromatic carbocycles. The van der Waals surface area contributed by atoms with Gasteiger partial charge in [0.25, 0.3) is 0 Å². The molecule has 0 radical (unpaired) electrons. The molecule has 5 heteroatoms. The van der Waals surface area contributed by atoms with Gasteiger partial charge in [0.05, 0.1) is 0 Å². The summed E-state index contributed by atoms with van der Waals surface area (Å²) in [6.07, 6.45) is 1.50. The van der Waals surface area contributed by atoms with Crippen molar-refractivity contribution in [2.24, 2.45) is 4.99 Å². The zero-order chi connectivity index (χ0) is 14.8. The zero-order valence-electron chi connectivity index (χ0n) is 10.8. The lowest BCUT2D eigenvalue weighted by atomic mass is 10.1. The molecule has 21 heavy (non-hydrogen) atoms. The lowest BCUT2D eigenvalue weighted by Gasteiger charge is -1.98. The van der Waals surface area contributed by atoms with E-state index in [2.05, 4.69) is 20.9 Å². The molecule has 1 heterocycles. The Labute approximate surface area is 129 Å². The number of carbonyl (C=O) groups is 1. The molecule has 0 spiro atoms. The van der Waals surface area contributed by atoms with Crippen LogP contribution < -0.4 is 0 Å². The maximum atomic E-state index is 11.8. The number of cyclic esters (lactones) is 1. The Morgan fingerprint density at radius 2 is 1.81 bits per heavy atom. The van der Waals surface area contributed by atoms with Crippen LogP contribution in [0.1, 0.15) is 11.1 Å². The monoisotopic (exact) mass is 343 g/mol. The molecular weight excluding hydrogens is 334 g/mol. The van der Waals surface area contributed by atoms with E-state index in [4.69, 9.17) is 4.74 Å². The van der Waals surface area contributed by atoms with E-state index in [1.165, 1.54) is 6.08 Å². The first kappa shape index (κ1) is 13.6. The van der Waals surface area contributed by atoms with Gasteiger partial charge in [-0.3, -0.25) is 0 Å². The highest BCUT2D eigenvalue weighted by atomic mass is 79.9. The highest BCUT2D eigenvalue weighted by Gasteiger charge is 2.24. The molecule has 2 aromatic rings. The lowest BCUT2D eigenvalue weighted by Crippen LogP contribution is -2.05. The second kappa shape index (κ2) is 5.54. The highest BCUT2D eigenvalue weighted by Crippen LogP contribution is 2.24. The van der Waals surface area contributed by atoms with Crippen LogP contribution in [-0.2, 0) is 9.53 Å². The van der Waals surface area contributed by atoms with E-state index in [1.54, 1.807) is 36.4 Å². The van der Waals surface area contributed by atoms with E-state index in [1.807, 2.05) is 12.1 Å². The molecular formula is C16H10BrNO3. The van der Waals surface area contributed by atoms with Crippen molar-refractivity contribution in [3.8, 4) is 5.75 Å². The first-order valence-corrected chi connectivity index (χ1v) is 6.99. The Balaban J connectivity index is 1.96. The molecule has 0 saturated heterocycles. The number of benzene rings is 2. The van der Waals surface area contributed by atoms with Gasteiger partial charge in [0.15, 0.2) is 5.70 Å². The average molecular weight is 344 g/mol. The average Bonchev–Trinajstić information content (AvgIpc) is 2.83. The number of ether oxygens (including phenoxy) is 1. The van der Waals surface area contributed by atoms with Crippen LogP contribution in [-0.4, -0.2) is 17.0 Å². The third-order valence-electron chi connectivity index (χ3n) is 2.94. The van der Waals surface area contributed by atoms with Gasteiger partial charge < -0.3 is 9.84 Å². The van der Waals surface area contributed by atoms with E-state index in [9.17, 15) is 9.90 Å². The lowest BCUT2D eigenvalue weighted by molar-refractivity contribution is -0.129. The van der Waals surface area contributed by atoms with Gasteiger partial charge in [-0.25, -0.2) is 9.79 Å². The van der Waals surface area contributed by atoms with Crippen molar-refractivity contribution in [3.05, 3.63) is 69.8 Å². The highest BCUT2D eigenvalue weighted by molar-refractivity contribution is 9.10. The number of halogens is 1. The summed E-state index contributed by atoms with van der Waals surface area (Å²) in [4.78, 5) is 16.0. The summed E-state index contributed by atoms with van der Waals surface area (Å²) in [5, 5.41) is 9.72. The molecule has 1 N–H and O–H groups in total. The number of esters is 1. The fraction of sp³-hybridized carbons (Fsp3) is 0. The van der Waals surface area contributed by atoms with Crippen molar-refractivity contribution in [3.63, 3.8) is 0 Å². The summed E-state index contributed by atoms with van der Waals surface area (Å²) in [6, 6.07) is 14.0. The summed E-state index contributed by atoms with van der Waals surface area (Å²) in [5.74, 6) is -0.185. The number of aromatic hydroxyl groups is 1. The van der Waals surface area contributed by atoms with E-state index in [-0.39, 0.29) is 17.3 Å². The third-order valence-corrected chi connectivity index (χ3v) is 3.47. The molecule has 1 aliphatic heterocycles. The van der Waals surface area contributed by atoms with E-state index in [0.29, 0.717) is 11.1 Å². The van der Waals surface area contributed by atoms with Crippen molar-refractivity contribution in [2.45, 2.75) is 0 Å². The predicted octanol–water partition coefficient (Wildman–Crippen LogP) is 3.50. The summed E-state index contributed by atoms with van der Waals surface area (Å²) in [5.41, 5.74) is 1.40. The minimum Gasteiger partial charge on any atom is -0.507 e. The van der Waals surface area contributed by atoms with Gasteiger partial charge >= 0.3 is 5.97 Å². The van der Waals surface area contributed by atoms with Gasteiger partial charge in [0.1, 0.15) is 5.75 Å². The molecule has 1 aliphatic rings. The number of aliphatic imine (C=N–C) groups is 1. The largest absolute Gasteiger partial charge is 0.507 e. The first-order chi connectivity index (χ1) is 10.1. The van der Waals surface area contributed by atoms with Crippen LogP contribution in [0, 0.1) is 0 Å². The Morgan fingerprint density at radius 3 is 2.52 bits per heavy atom. The van der Waals surface area contributed by atoms with Crippen LogP contribution in [0.3, 0.4) is 0 Å².